The average molecular weight is 298 g/mol. The minimum absolute atomic E-state index is 0.251. The molecular formula is C14H22N2O3S. The molecule has 6 heteroatoms. The third kappa shape index (κ3) is 2.82. The average Bonchev–Trinajstić information content (AvgIpc) is 2.42. The molecule has 0 amide bonds. The molecule has 1 aromatic carbocycles. The molecule has 1 atom stereocenters. The smallest absolute Gasteiger partial charge is 0.243 e. The summed E-state index contributed by atoms with van der Waals surface area (Å²) in [7, 11) is -1.88. The van der Waals surface area contributed by atoms with Crippen LogP contribution in [0.3, 0.4) is 0 Å². The van der Waals surface area contributed by atoms with E-state index < -0.39 is 15.6 Å². The van der Waals surface area contributed by atoms with E-state index in [1.807, 2.05) is 13.8 Å². The molecule has 0 spiro atoms. The predicted molar refractivity (Wildman–Crippen MR) is 79.0 cm³/mol. The quantitative estimate of drug-likeness (QED) is 0.863. The van der Waals surface area contributed by atoms with Gasteiger partial charge < -0.3 is 10.5 Å². The molecule has 1 heterocycles. The largest absolute Gasteiger partial charge is 0.398 e. The van der Waals surface area contributed by atoms with Crippen LogP contribution in [-0.2, 0) is 14.8 Å². The number of nitrogens with two attached hydrogens (primary N) is 1. The second kappa shape index (κ2) is 5.35. The molecule has 20 heavy (non-hydrogen) atoms. The minimum atomic E-state index is -3.51. The van der Waals surface area contributed by atoms with E-state index in [1.54, 1.807) is 19.2 Å². The van der Waals surface area contributed by atoms with Crippen LogP contribution < -0.4 is 5.73 Å². The van der Waals surface area contributed by atoms with E-state index in [-0.39, 0.29) is 4.90 Å². The fourth-order valence-corrected chi connectivity index (χ4v) is 4.09. The highest BCUT2D eigenvalue weighted by Crippen LogP contribution is 2.29. The van der Waals surface area contributed by atoms with Crippen molar-refractivity contribution in [2.75, 3.05) is 25.9 Å². The number of methoxy groups -OCH3 is 1. The van der Waals surface area contributed by atoms with E-state index in [4.69, 9.17) is 10.5 Å². The normalized spacial score (nSPS) is 24.8. The number of aryl methyl sites for hydroxylation is 1. The summed E-state index contributed by atoms with van der Waals surface area (Å²) in [6.45, 7) is 4.70. The van der Waals surface area contributed by atoms with Crippen LogP contribution in [0.15, 0.2) is 23.1 Å². The Balaban J connectivity index is 2.32. The molecule has 2 N–H and O–H groups in total. The maximum atomic E-state index is 12.7. The molecule has 0 aromatic heterocycles. The molecule has 112 valence electrons. The number of rotatable bonds is 3. The van der Waals surface area contributed by atoms with E-state index >= 15 is 0 Å². The van der Waals surface area contributed by atoms with Crippen LogP contribution >= 0.6 is 0 Å². The summed E-state index contributed by atoms with van der Waals surface area (Å²) in [5.74, 6) is 0. The van der Waals surface area contributed by atoms with Gasteiger partial charge in [0.1, 0.15) is 0 Å². The van der Waals surface area contributed by atoms with Crippen LogP contribution in [0.1, 0.15) is 25.3 Å². The van der Waals surface area contributed by atoms with Gasteiger partial charge in [-0.3, -0.25) is 0 Å². The van der Waals surface area contributed by atoms with Gasteiger partial charge in [-0.1, -0.05) is 6.07 Å². The number of nitrogens with zero attached hydrogens (tertiary/aromatic N) is 1. The van der Waals surface area contributed by atoms with Crippen molar-refractivity contribution in [3.05, 3.63) is 23.8 Å². The van der Waals surface area contributed by atoms with Gasteiger partial charge in [-0.25, -0.2) is 8.42 Å². The van der Waals surface area contributed by atoms with E-state index in [0.717, 1.165) is 18.4 Å². The van der Waals surface area contributed by atoms with Crippen molar-refractivity contribution in [3.63, 3.8) is 0 Å². The Morgan fingerprint density at radius 2 is 2.10 bits per heavy atom. The summed E-state index contributed by atoms with van der Waals surface area (Å²) < 4.78 is 32.3. The third-order valence-corrected chi connectivity index (χ3v) is 5.85. The Morgan fingerprint density at radius 1 is 1.40 bits per heavy atom. The van der Waals surface area contributed by atoms with Crippen LogP contribution in [0.2, 0.25) is 0 Å². The second-order valence-corrected chi connectivity index (χ2v) is 7.55. The molecule has 1 fully saturated rings. The number of hydrogen-bond donors (Lipinski definition) is 1. The van der Waals surface area contributed by atoms with Crippen molar-refractivity contribution in [3.8, 4) is 0 Å². The molecule has 0 saturated carbocycles. The molecule has 1 unspecified atom stereocenters. The lowest BCUT2D eigenvalue weighted by Crippen LogP contribution is -2.49. The molecule has 1 aliphatic rings. The zero-order valence-electron chi connectivity index (χ0n) is 12.2. The highest BCUT2D eigenvalue weighted by atomic mass is 32.2. The summed E-state index contributed by atoms with van der Waals surface area (Å²) in [6, 6.07) is 4.88. The van der Waals surface area contributed by atoms with Crippen molar-refractivity contribution in [1.29, 1.82) is 0 Å². The summed E-state index contributed by atoms with van der Waals surface area (Å²) >= 11 is 0. The van der Waals surface area contributed by atoms with Crippen molar-refractivity contribution in [2.45, 2.75) is 37.2 Å². The molecule has 0 bridgehead atoms. The zero-order valence-corrected chi connectivity index (χ0v) is 13.0. The number of ether oxygens (including phenoxy) is 1. The third-order valence-electron chi connectivity index (χ3n) is 4.01. The van der Waals surface area contributed by atoms with Gasteiger partial charge in [0.05, 0.1) is 10.5 Å². The Morgan fingerprint density at radius 3 is 2.70 bits per heavy atom. The van der Waals surface area contributed by atoms with Gasteiger partial charge in [0, 0.05) is 25.9 Å². The first-order valence-electron chi connectivity index (χ1n) is 6.70. The number of hydrogen-bond acceptors (Lipinski definition) is 4. The van der Waals surface area contributed by atoms with Crippen LogP contribution in [0.5, 0.6) is 0 Å². The molecule has 1 aliphatic heterocycles. The van der Waals surface area contributed by atoms with E-state index in [1.165, 1.54) is 10.4 Å². The topological polar surface area (TPSA) is 72.6 Å². The van der Waals surface area contributed by atoms with Gasteiger partial charge in [0.25, 0.3) is 0 Å². The van der Waals surface area contributed by atoms with Crippen molar-refractivity contribution < 1.29 is 13.2 Å². The number of piperidine rings is 1. The summed E-state index contributed by atoms with van der Waals surface area (Å²) in [6.07, 6.45) is 1.66. The van der Waals surface area contributed by atoms with Gasteiger partial charge in [0.15, 0.2) is 0 Å². The Labute approximate surface area is 120 Å². The first kappa shape index (κ1) is 15.3. The fraction of sp³-hybridized carbons (Fsp3) is 0.571. The lowest BCUT2D eigenvalue weighted by molar-refractivity contribution is -0.0319. The predicted octanol–water partition coefficient (Wildman–Crippen LogP) is 1.77. The first-order chi connectivity index (χ1) is 9.28. The van der Waals surface area contributed by atoms with Crippen LogP contribution in [0.25, 0.3) is 0 Å². The maximum absolute atomic E-state index is 12.7. The zero-order chi connectivity index (χ0) is 15.0. The van der Waals surface area contributed by atoms with Crippen LogP contribution in [-0.4, -0.2) is 38.5 Å². The molecule has 1 aromatic rings. The van der Waals surface area contributed by atoms with Crippen molar-refractivity contribution >= 4 is 15.7 Å². The first-order valence-corrected chi connectivity index (χ1v) is 8.14. The monoisotopic (exact) mass is 298 g/mol. The number of benzene rings is 1. The van der Waals surface area contributed by atoms with Gasteiger partial charge in [0.2, 0.25) is 10.0 Å². The second-order valence-electron chi connectivity index (χ2n) is 5.61. The Bertz CT molecular complexity index is 600. The van der Waals surface area contributed by atoms with Gasteiger partial charge in [-0.15, -0.1) is 0 Å². The van der Waals surface area contributed by atoms with Crippen LogP contribution in [0.4, 0.5) is 5.69 Å². The summed E-state index contributed by atoms with van der Waals surface area (Å²) in [5.41, 5.74) is 6.78. The SMILES string of the molecule is COC1(C)CCCN(S(=O)(=O)c2ccc(C)c(N)c2)C1. The Kier molecular flexibility index (Phi) is 4.09. The highest BCUT2D eigenvalue weighted by Gasteiger charge is 2.37. The van der Waals surface area contributed by atoms with E-state index in [2.05, 4.69) is 0 Å². The molecular weight excluding hydrogens is 276 g/mol. The Hall–Kier alpha value is -1.11. The molecule has 5 nitrogen and oxygen atoms in total. The molecule has 2 rings (SSSR count). The summed E-state index contributed by atoms with van der Waals surface area (Å²) in [4.78, 5) is 0.251. The van der Waals surface area contributed by atoms with E-state index in [0.29, 0.717) is 18.8 Å². The highest BCUT2D eigenvalue weighted by molar-refractivity contribution is 7.89. The minimum Gasteiger partial charge on any atom is -0.398 e. The molecule has 1 saturated heterocycles. The summed E-state index contributed by atoms with van der Waals surface area (Å²) in [5, 5.41) is 0. The lowest BCUT2D eigenvalue weighted by Gasteiger charge is -2.38. The standard InChI is InChI=1S/C14H22N2O3S/c1-11-5-6-12(9-13(11)15)20(17,18)16-8-4-7-14(2,10-16)19-3/h5-6,9H,4,7-8,10,15H2,1-3H3. The number of sulfonamides is 1. The molecule has 0 radical (unpaired) electrons. The van der Waals surface area contributed by atoms with Gasteiger partial charge in [-0.05, 0) is 44.4 Å². The fourth-order valence-electron chi connectivity index (χ4n) is 2.46. The van der Waals surface area contributed by atoms with Gasteiger partial charge in [-0.2, -0.15) is 4.31 Å². The number of nitrogen functional groups attached to an aromatic ring is 1. The molecule has 0 aliphatic carbocycles. The van der Waals surface area contributed by atoms with E-state index in [9.17, 15) is 8.42 Å². The maximum Gasteiger partial charge on any atom is 0.243 e. The van der Waals surface area contributed by atoms with Crippen molar-refractivity contribution in [1.82, 2.24) is 4.31 Å². The number of anilines is 1. The van der Waals surface area contributed by atoms with Gasteiger partial charge >= 0.3 is 0 Å². The lowest BCUT2D eigenvalue weighted by atomic mass is 9.96. The van der Waals surface area contributed by atoms with Crippen LogP contribution in [0, 0.1) is 6.92 Å². The van der Waals surface area contributed by atoms with Crippen molar-refractivity contribution in [2.24, 2.45) is 0 Å².